The van der Waals surface area contributed by atoms with Gasteiger partial charge in [0.1, 0.15) is 11.9 Å². The minimum absolute atomic E-state index is 0.0116. The Labute approximate surface area is 251 Å². The number of hydrogen-bond acceptors (Lipinski definition) is 7. The molecule has 1 saturated heterocycles. The lowest BCUT2D eigenvalue weighted by Crippen LogP contribution is -2.50. The van der Waals surface area contributed by atoms with Crippen molar-refractivity contribution in [2.75, 3.05) is 31.1 Å². The van der Waals surface area contributed by atoms with Crippen molar-refractivity contribution in [2.45, 2.75) is 69.2 Å². The molecule has 3 heterocycles. The number of carbonyl (C=O) groups is 3. The fourth-order valence-electron chi connectivity index (χ4n) is 6.15. The minimum atomic E-state index is -0.812. The number of nitrogens with zero attached hydrogens (tertiary/aromatic N) is 5. The smallest absolute Gasteiger partial charge is 0.259 e. The molecule has 2 aromatic carbocycles. The Hall–Kier alpha value is -3.66. The molecule has 1 N–H and O–H groups in total. The average Bonchev–Trinajstić information content (AvgIpc) is 3.36. The van der Waals surface area contributed by atoms with E-state index < -0.39 is 6.04 Å². The normalized spacial score (nSPS) is 21.3. The second kappa shape index (κ2) is 12.7. The summed E-state index contributed by atoms with van der Waals surface area (Å²) < 4.78 is 0. The standard InChI is InChI=1S/C32H38N6O3S/c1-2-27(30(40)33-22-11-5-3-6-12-22)42-32-35-25-16-10-9-15-24(25)29-34-26(31(41)38(29)32)21-28(39)37-19-17-36(18-20-37)23-13-7-4-8-14-23/h4,7-10,13-16,22,26-27H,2-3,5-6,11-12,17-21H2,1H3,(H,33,40)/t26-,27+/m1/s1. The number of anilines is 1. The van der Waals surface area contributed by atoms with E-state index in [2.05, 4.69) is 22.3 Å². The van der Waals surface area contributed by atoms with Crippen LogP contribution in [0.2, 0.25) is 0 Å². The van der Waals surface area contributed by atoms with Crippen LogP contribution in [-0.2, 0) is 14.4 Å². The molecule has 0 aromatic heterocycles. The Balaban J connectivity index is 1.15. The number of fused-ring (bicyclic) bond motifs is 3. The number of carbonyl (C=O) groups excluding carboxylic acids is 3. The number of piperazine rings is 1. The van der Waals surface area contributed by atoms with Crippen LogP contribution in [0.15, 0.2) is 64.6 Å². The van der Waals surface area contributed by atoms with Gasteiger partial charge in [-0.25, -0.2) is 9.89 Å². The minimum Gasteiger partial charge on any atom is -0.368 e. The maximum absolute atomic E-state index is 13.8. The monoisotopic (exact) mass is 586 g/mol. The summed E-state index contributed by atoms with van der Waals surface area (Å²) in [5.74, 6) is 0.178. The van der Waals surface area contributed by atoms with Gasteiger partial charge in [0, 0.05) is 43.5 Å². The van der Waals surface area contributed by atoms with Crippen molar-refractivity contribution in [2.24, 2.45) is 9.98 Å². The largest absolute Gasteiger partial charge is 0.368 e. The van der Waals surface area contributed by atoms with E-state index >= 15 is 0 Å². The van der Waals surface area contributed by atoms with E-state index in [4.69, 9.17) is 9.98 Å². The Kier molecular flexibility index (Phi) is 8.60. The van der Waals surface area contributed by atoms with Gasteiger partial charge in [-0.05, 0) is 43.5 Å². The van der Waals surface area contributed by atoms with Gasteiger partial charge < -0.3 is 15.1 Å². The predicted octanol–water partition coefficient (Wildman–Crippen LogP) is 4.34. The average molecular weight is 587 g/mol. The van der Waals surface area contributed by atoms with Crippen LogP contribution in [0.3, 0.4) is 0 Å². The summed E-state index contributed by atoms with van der Waals surface area (Å²) in [6.45, 7) is 4.69. The number of amides is 3. The number of aliphatic imine (C=N–C) groups is 2. The summed E-state index contributed by atoms with van der Waals surface area (Å²) in [4.78, 5) is 55.7. The topological polar surface area (TPSA) is 97.7 Å². The van der Waals surface area contributed by atoms with Gasteiger partial charge in [0.15, 0.2) is 5.17 Å². The van der Waals surface area contributed by atoms with E-state index in [9.17, 15) is 14.4 Å². The number of thioether (sulfide) groups is 1. The molecule has 3 amide bonds. The number of nitrogens with one attached hydrogen (secondary N) is 1. The van der Waals surface area contributed by atoms with E-state index in [0.717, 1.165) is 50.0 Å². The molecule has 6 rings (SSSR count). The predicted molar refractivity (Wildman–Crippen MR) is 167 cm³/mol. The van der Waals surface area contributed by atoms with Crippen LogP contribution in [0.25, 0.3) is 0 Å². The van der Waals surface area contributed by atoms with Crippen LogP contribution >= 0.6 is 11.8 Å². The number of para-hydroxylation sites is 2. The molecule has 220 valence electrons. The van der Waals surface area contributed by atoms with E-state index in [-0.39, 0.29) is 35.4 Å². The maximum atomic E-state index is 13.8. The summed E-state index contributed by atoms with van der Waals surface area (Å²) in [7, 11) is 0. The summed E-state index contributed by atoms with van der Waals surface area (Å²) in [5.41, 5.74) is 2.63. The van der Waals surface area contributed by atoms with Crippen LogP contribution in [0, 0.1) is 0 Å². The number of amidine groups is 2. The third kappa shape index (κ3) is 5.95. The molecule has 4 aliphatic rings. The van der Waals surface area contributed by atoms with Gasteiger partial charge in [-0.1, -0.05) is 68.3 Å². The first kappa shape index (κ1) is 28.5. The van der Waals surface area contributed by atoms with Gasteiger partial charge in [-0.15, -0.1) is 0 Å². The van der Waals surface area contributed by atoms with Crippen molar-refractivity contribution in [3.8, 4) is 0 Å². The number of rotatable bonds is 7. The van der Waals surface area contributed by atoms with Crippen molar-refractivity contribution in [1.82, 2.24) is 15.1 Å². The van der Waals surface area contributed by atoms with Gasteiger partial charge in [0.2, 0.25) is 11.8 Å². The molecule has 1 saturated carbocycles. The molecule has 2 fully saturated rings. The first-order chi connectivity index (χ1) is 20.5. The molecule has 42 heavy (non-hydrogen) atoms. The van der Waals surface area contributed by atoms with Crippen molar-refractivity contribution in [3.63, 3.8) is 0 Å². The van der Waals surface area contributed by atoms with E-state index in [1.807, 2.05) is 54.3 Å². The lowest BCUT2D eigenvalue weighted by Gasteiger charge is -2.36. The Morgan fingerprint density at radius 3 is 2.43 bits per heavy atom. The van der Waals surface area contributed by atoms with Crippen molar-refractivity contribution >= 4 is 51.9 Å². The first-order valence-electron chi connectivity index (χ1n) is 15.2. The highest BCUT2D eigenvalue weighted by Crippen LogP contribution is 2.36. The summed E-state index contributed by atoms with van der Waals surface area (Å²) in [6, 6.07) is 17.2. The molecule has 1 aliphatic carbocycles. The summed E-state index contributed by atoms with van der Waals surface area (Å²) >= 11 is 1.31. The molecule has 2 aromatic rings. The fraction of sp³-hybridized carbons (Fsp3) is 0.469. The van der Waals surface area contributed by atoms with Gasteiger partial charge >= 0.3 is 0 Å². The number of benzene rings is 2. The lowest BCUT2D eigenvalue weighted by atomic mass is 9.95. The molecule has 9 nitrogen and oxygen atoms in total. The molecule has 0 unspecified atom stereocenters. The van der Waals surface area contributed by atoms with Crippen LogP contribution in [-0.4, -0.2) is 82.0 Å². The SMILES string of the molecule is CC[C@H](SC1=Nc2ccccc2C2=N[C@H](CC(=O)N3CCN(c4ccccc4)CC3)C(=O)N12)C(=O)NC1CCCCC1. The van der Waals surface area contributed by atoms with Crippen molar-refractivity contribution < 1.29 is 14.4 Å². The quantitative estimate of drug-likeness (QED) is 0.521. The molecule has 3 aliphatic heterocycles. The first-order valence-corrected chi connectivity index (χ1v) is 16.0. The maximum Gasteiger partial charge on any atom is 0.259 e. The highest BCUT2D eigenvalue weighted by molar-refractivity contribution is 8.15. The zero-order valence-electron chi connectivity index (χ0n) is 24.1. The zero-order valence-corrected chi connectivity index (χ0v) is 24.9. The Morgan fingerprint density at radius 1 is 0.976 bits per heavy atom. The molecule has 10 heteroatoms. The third-order valence-corrected chi connectivity index (χ3v) is 9.85. The highest BCUT2D eigenvalue weighted by Gasteiger charge is 2.43. The fourth-order valence-corrected chi connectivity index (χ4v) is 7.18. The molecule has 0 radical (unpaired) electrons. The van der Waals surface area contributed by atoms with Gasteiger partial charge in [-0.2, -0.15) is 0 Å². The summed E-state index contributed by atoms with van der Waals surface area (Å²) in [6.07, 6.45) is 6.16. The van der Waals surface area contributed by atoms with Crippen molar-refractivity contribution in [1.29, 1.82) is 0 Å². The second-order valence-corrected chi connectivity index (χ2v) is 12.5. The van der Waals surface area contributed by atoms with E-state index in [1.54, 1.807) is 0 Å². The molecular formula is C32H38N6O3S. The lowest BCUT2D eigenvalue weighted by molar-refractivity contribution is -0.135. The van der Waals surface area contributed by atoms with E-state index in [0.29, 0.717) is 36.2 Å². The van der Waals surface area contributed by atoms with Gasteiger partial charge in [-0.3, -0.25) is 19.4 Å². The highest BCUT2D eigenvalue weighted by atomic mass is 32.2. The number of hydrogen-bond donors (Lipinski definition) is 1. The van der Waals surface area contributed by atoms with Gasteiger partial charge in [0.25, 0.3) is 5.91 Å². The molecule has 2 atom stereocenters. The second-order valence-electron chi connectivity index (χ2n) is 11.3. The third-order valence-electron chi connectivity index (χ3n) is 8.53. The molecule has 0 bridgehead atoms. The Morgan fingerprint density at radius 2 is 1.69 bits per heavy atom. The van der Waals surface area contributed by atoms with Gasteiger partial charge in [0.05, 0.1) is 17.4 Å². The molecular weight excluding hydrogens is 548 g/mol. The molecule has 0 spiro atoms. The van der Waals surface area contributed by atoms with Crippen LogP contribution in [0.4, 0.5) is 11.4 Å². The van der Waals surface area contributed by atoms with E-state index in [1.165, 1.54) is 23.1 Å². The van der Waals surface area contributed by atoms with Crippen LogP contribution < -0.4 is 10.2 Å². The van der Waals surface area contributed by atoms with Crippen molar-refractivity contribution in [3.05, 3.63) is 60.2 Å². The zero-order chi connectivity index (χ0) is 29.1. The van der Waals surface area contributed by atoms with Crippen LogP contribution in [0.1, 0.15) is 57.4 Å². The summed E-state index contributed by atoms with van der Waals surface area (Å²) in [5, 5.41) is 3.30. The Bertz CT molecular complexity index is 1380. The van der Waals surface area contributed by atoms with Crippen LogP contribution in [0.5, 0.6) is 0 Å².